The van der Waals surface area contributed by atoms with E-state index in [-0.39, 0.29) is 5.97 Å². The van der Waals surface area contributed by atoms with E-state index in [4.69, 9.17) is 4.74 Å². The van der Waals surface area contributed by atoms with E-state index in [9.17, 15) is 4.79 Å². The molecule has 0 aromatic heterocycles. The van der Waals surface area contributed by atoms with Gasteiger partial charge in [0.2, 0.25) is 0 Å². The molecule has 1 aromatic rings. The molecule has 0 bridgehead atoms. The maximum absolute atomic E-state index is 11.3. The fourth-order valence-corrected chi connectivity index (χ4v) is 3.04. The first-order chi connectivity index (χ1) is 9.69. The summed E-state index contributed by atoms with van der Waals surface area (Å²) in [6, 6.07) is 7.63. The van der Waals surface area contributed by atoms with Gasteiger partial charge >= 0.3 is 5.97 Å². The smallest absolute Gasteiger partial charge is 0.337 e. The summed E-state index contributed by atoms with van der Waals surface area (Å²) in [5, 5.41) is 3.54. The number of ether oxygens (including phenoxy) is 1. The Morgan fingerprint density at radius 1 is 1.30 bits per heavy atom. The van der Waals surface area contributed by atoms with Crippen molar-refractivity contribution < 1.29 is 9.53 Å². The molecule has 2 rings (SSSR count). The van der Waals surface area contributed by atoms with Crippen molar-refractivity contribution in [2.45, 2.75) is 39.2 Å². The van der Waals surface area contributed by atoms with E-state index < -0.39 is 0 Å². The lowest BCUT2D eigenvalue weighted by molar-refractivity contribution is 0.0600. The van der Waals surface area contributed by atoms with Crippen LogP contribution in [0.4, 0.5) is 0 Å². The molecule has 0 amide bonds. The standard InChI is InChI=1S/C17H25NO2/c1-13-4-3-5-15(10-13)12-18-11-14-6-8-16(9-7-14)17(19)20-2/h6-9,13,15,18H,3-5,10-12H2,1-2H3. The zero-order valence-electron chi connectivity index (χ0n) is 12.5. The Kier molecular flexibility index (Phi) is 5.60. The molecular formula is C17H25NO2. The lowest BCUT2D eigenvalue weighted by atomic mass is 9.82. The van der Waals surface area contributed by atoms with Gasteiger partial charge in [-0.1, -0.05) is 31.9 Å². The predicted molar refractivity (Wildman–Crippen MR) is 80.6 cm³/mol. The fraction of sp³-hybridized carbons (Fsp3) is 0.588. The minimum atomic E-state index is -0.277. The Morgan fingerprint density at radius 2 is 2.05 bits per heavy atom. The van der Waals surface area contributed by atoms with E-state index >= 15 is 0 Å². The van der Waals surface area contributed by atoms with Crippen molar-refractivity contribution >= 4 is 5.97 Å². The Labute approximate surface area is 121 Å². The van der Waals surface area contributed by atoms with E-state index in [2.05, 4.69) is 12.2 Å². The van der Waals surface area contributed by atoms with Crippen LogP contribution in [-0.2, 0) is 11.3 Å². The van der Waals surface area contributed by atoms with Gasteiger partial charge in [0.1, 0.15) is 0 Å². The third-order valence-corrected chi connectivity index (χ3v) is 4.18. The average molecular weight is 275 g/mol. The van der Waals surface area contributed by atoms with Crippen LogP contribution in [0.5, 0.6) is 0 Å². The highest BCUT2D eigenvalue weighted by atomic mass is 16.5. The minimum Gasteiger partial charge on any atom is -0.465 e. The second-order valence-electron chi connectivity index (χ2n) is 5.96. The summed E-state index contributed by atoms with van der Waals surface area (Å²) in [5.41, 5.74) is 1.82. The van der Waals surface area contributed by atoms with Crippen molar-refractivity contribution in [3.05, 3.63) is 35.4 Å². The predicted octanol–water partition coefficient (Wildman–Crippen LogP) is 3.39. The molecule has 1 saturated carbocycles. The largest absolute Gasteiger partial charge is 0.465 e. The number of carbonyl (C=O) groups is 1. The van der Waals surface area contributed by atoms with Crippen molar-refractivity contribution in [3.63, 3.8) is 0 Å². The van der Waals surface area contributed by atoms with Crippen LogP contribution in [0.2, 0.25) is 0 Å². The molecule has 2 atom stereocenters. The number of benzene rings is 1. The molecule has 0 radical (unpaired) electrons. The molecule has 0 spiro atoms. The first-order valence-electron chi connectivity index (χ1n) is 7.57. The van der Waals surface area contributed by atoms with Crippen LogP contribution in [0.3, 0.4) is 0 Å². The van der Waals surface area contributed by atoms with E-state index in [0.717, 1.165) is 24.9 Å². The van der Waals surface area contributed by atoms with Gasteiger partial charge in [0.05, 0.1) is 12.7 Å². The summed E-state index contributed by atoms with van der Waals surface area (Å²) in [5.74, 6) is 1.43. The van der Waals surface area contributed by atoms with Gasteiger partial charge in [0, 0.05) is 6.54 Å². The van der Waals surface area contributed by atoms with Crippen molar-refractivity contribution in [1.82, 2.24) is 5.32 Å². The van der Waals surface area contributed by atoms with Gasteiger partial charge < -0.3 is 10.1 Å². The maximum atomic E-state index is 11.3. The third-order valence-electron chi connectivity index (χ3n) is 4.18. The zero-order chi connectivity index (χ0) is 14.4. The van der Waals surface area contributed by atoms with E-state index in [0.29, 0.717) is 5.56 Å². The van der Waals surface area contributed by atoms with Crippen LogP contribution < -0.4 is 5.32 Å². The number of nitrogens with one attached hydrogen (secondary N) is 1. The zero-order valence-corrected chi connectivity index (χ0v) is 12.5. The Balaban J connectivity index is 1.75. The monoisotopic (exact) mass is 275 g/mol. The minimum absolute atomic E-state index is 0.277. The number of esters is 1. The third kappa shape index (κ3) is 4.34. The lowest BCUT2D eigenvalue weighted by Crippen LogP contribution is -2.26. The summed E-state index contributed by atoms with van der Waals surface area (Å²) < 4.78 is 4.69. The van der Waals surface area contributed by atoms with E-state index in [1.807, 2.05) is 24.3 Å². The fourth-order valence-electron chi connectivity index (χ4n) is 3.04. The Bertz CT molecular complexity index is 427. The van der Waals surface area contributed by atoms with E-state index in [1.54, 1.807) is 0 Å². The molecule has 110 valence electrons. The molecule has 1 fully saturated rings. The van der Waals surface area contributed by atoms with Crippen molar-refractivity contribution in [1.29, 1.82) is 0 Å². The van der Waals surface area contributed by atoms with Crippen LogP contribution in [-0.4, -0.2) is 19.6 Å². The average Bonchev–Trinajstić information content (AvgIpc) is 2.47. The summed E-state index contributed by atoms with van der Waals surface area (Å²) >= 11 is 0. The number of hydrogen-bond acceptors (Lipinski definition) is 3. The summed E-state index contributed by atoms with van der Waals surface area (Å²) in [6.07, 6.45) is 5.49. The number of methoxy groups -OCH3 is 1. The highest BCUT2D eigenvalue weighted by molar-refractivity contribution is 5.89. The summed E-state index contributed by atoms with van der Waals surface area (Å²) in [7, 11) is 1.41. The lowest BCUT2D eigenvalue weighted by Gasteiger charge is -2.26. The van der Waals surface area contributed by atoms with Crippen molar-refractivity contribution in [2.24, 2.45) is 11.8 Å². The van der Waals surface area contributed by atoms with Crippen molar-refractivity contribution in [3.8, 4) is 0 Å². The summed E-state index contributed by atoms with van der Waals surface area (Å²) in [6.45, 7) is 4.33. The molecule has 1 N–H and O–H groups in total. The molecule has 1 aliphatic rings. The van der Waals surface area contributed by atoms with Crippen LogP contribution in [0.25, 0.3) is 0 Å². The molecule has 3 heteroatoms. The maximum Gasteiger partial charge on any atom is 0.337 e. The second kappa shape index (κ2) is 7.44. The number of carbonyl (C=O) groups excluding carboxylic acids is 1. The number of rotatable bonds is 5. The van der Waals surface area contributed by atoms with Gasteiger partial charge in [-0.15, -0.1) is 0 Å². The van der Waals surface area contributed by atoms with Gasteiger partial charge in [-0.05, 0) is 48.9 Å². The molecule has 20 heavy (non-hydrogen) atoms. The van der Waals surface area contributed by atoms with E-state index in [1.165, 1.54) is 38.4 Å². The quantitative estimate of drug-likeness (QED) is 0.837. The highest BCUT2D eigenvalue weighted by Crippen LogP contribution is 2.27. The van der Waals surface area contributed by atoms with Crippen LogP contribution in [0.15, 0.2) is 24.3 Å². The van der Waals surface area contributed by atoms with Gasteiger partial charge in [-0.2, -0.15) is 0 Å². The molecule has 0 aliphatic heterocycles. The highest BCUT2D eigenvalue weighted by Gasteiger charge is 2.18. The van der Waals surface area contributed by atoms with Gasteiger partial charge in [0.25, 0.3) is 0 Å². The van der Waals surface area contributed by atoms with Crippen LogP contribution in [0.1, 0.15) is 48.5 Å². The normalized spacial score (nSPS) is 22.5. The van der Waals surface area contributed by atoms with Crippen LogP contribution >= 0.6 is 0 Å². The first kappa shape index (κ1) is 15.0. The van der Waals surface area contributed by atoms with Gasteiger partial charge in [-0.3, -0.25) is 0 Å². The second-order valence-corrected chi connectivity index (χ2v) is 5.96. The van der Waals surface area contributed by atoms with Gasteiger partial charge in [0.15, 0.2) is 0 Å². The molecule has 2 unspecified atom stereocenters. The van der Waals surface area contributed by atoms with Crippen LogP contribution in [0, 0.1) is 11.8 Å². The molecular weight excluding hydrogens is 250 g/mol. The topological polar surface area (TPSA) is 38.3 Å². The Morgan fingerprint density at radius 3 is 2.70 bits per heavy atom. The summed E-state index contributed by atoms with van der Waals surface area (Å²) in [4.78, 5) is 11.3. The molecule has 1 aromatic carbocycles. The molecule has 3 nitrogen and oxygen atoms in total. The first-order valence-corrected chi connectivity index (χ1v) is 7.57. The number of hydrogen-bond donors (Lipinski definition) is 1. The SMILES string of the molecule is COC(=O)c1ccc(CNCC2CCCC(C)C2)cc1. The molecule has 1 aliphatic carbocycles. The molecule has 0 saturated heterocycles. The molecule has 0 heterocycles. The van der Waals surface area contributed by atoms with Gasteiger partial charge in [-0.25, -0.2) is 4.79 Å². The van der Waals surface area contributed by atoms with Crippen molar-refractivity contribution in [2.75, 3.05) is 13.7 Å². The Hall–Kier alpha value is -1.35.